The van der Waals surface area contributed by atoms with Gasteiger partial charge in [-0.15, -0.1) is 0 Å². The predicted molar refractivity (Wildman–Crippen MR) is 163 cm³/mol. The van der Waals surface area contributed by atoms with Crippen molar-refractivity contribution in [3.8, 4) is 39.1 Å². The normalized spacial score (nSPS) is 17.2. The Morgan fingerprint density at radius 3 is 1.72 bits per heavy atom. The molecule has 0 amide bonds. The Hall–Kier alpha value is -4.88. The topological polar surface area (TPSA) is 9.23 Å². The van der Waals surface area contributed by atoms with Gasteiger partial charge in [0.1, 0.15) is 11.9 Å². The fourth-order valence-corrected chi connectivity index (χ4v) is 6.43. The summed E-state index contributed by atoms with van der Waals surface area (Å²) in [6, 6.07) is 44.1. The minimum absolute atomic E-state index is 0.104. The Labute approximate surface area is 228 Å². The van der Waals surface area contributed by atoms with Crippen molar-refractivity contribution in [3.63, 3.8) is 0 Å². The highest BCUT2D eigenvalue weighted by atomic mass is 16.5. The van der Waals surface area contributed by atoms with Crippen molar-refractivity contribution in [1.82, 2.24) is 0 Å². The van der Waals surface area contributed by atoms with Gasteiger partial charge in [-0.25, -0.2) is 0 Å². The van der Waals surface area contributed by atoms with Gasteiger partial charge in [0, 0.05) is 11.5 Å². The zero-order chi connectivity index (χ0) is 25.8. The van der Waals surface area contributed by atoms with Crippen molar-refractivity contribution >= 4 is 21.5 Å². The smallest absolute Gasteiger partial charge is 0.128 e. The van der Waals surface area contributed by atoms with E-state index in [1.165, 1.54) is 60.5 Å². The van der Waals surface area contributed by atoms with Crippen molar-refractivity contribution in [2.24, 2.45) is 0 Å². The lowest BCUT2D eigenvalue weighted by molar-refractivity contribution is 0.269. The van der Waals surface area contributed by atoms with Crippen molar-refractivity contribution in [2.45, 2.75) is 12.0 Å². The molecule has 1 heterocycles. The van der Waals surface area contributed by atoms with Gasteiger partial charge in [0.05, 0.1) is 0 Å². The van der Waals surface area contributed by atoms with Crippen molar-refractivity contribution in [3.05, 3.63) is 151 Å². The molecule has 2 aliphatic rings. The van der Waals surface area contributed by atoms with Gasteiger partial charge in [0.15, 0.2) is 0 Å². The second kappa shape index (κ2) is 8.85. The molecule has 0 radical (unpaired) electrons. The largest absolute Gasteiger partial charge is 0.485 e. The number of hydrogen-bond donors (Lipinski definition) is 0. The fraction of sp³-hybridized carbons (Fsp3) is 0.0526. The van der Waals surface area contributed by atoms with Crippen LogP contribution in [0.3, 0.4) is 0 Å². The monoisotopic (exact) mass is 498 g/mol. The number of hydrogen-bond acceptors (Lipinski definition) is 1. The molecule has 1 aliphatic carbocycles. The van der Waals surface area contributed by atoms with Crippen LogP contribution in [0.4, 0.5) is 0 Å². The van der Waals surface area contributed by atoms with Gasteiger partial charge in [-0.05, 0) is 79.2 Å². The van der Waals surface area contributed by atoms with Crippen molar-refractivity contribution in [1.29, 1.82) is 0 Å². The summed E-state index contributed by atoms with van der Waals surface area (Å²) in [4.78, 5) is 0. The van der Waals surface area contributed by atoms with Gasteiger partial charge in [-0.2, -0.15) is 0 Å². The first-order valence-corrected chi connectivity index (χ1v) is 13.6. The number of fused-ring (bicyclic) bond motifs is 5. The lowest BCUT2D eigenvalue weighted by atomic mass is 9.85. The highest BCUT2D eigenvalue weighted by Gasteiger charge is 2.32. The van der Waals surface area contributed by atoms with Crippen molar-refractivity contribution < 1.29 is 4.74 Å². The number of rotatable bonds is 3. The molecule has 2 unspecified atom stereocenters. The molecule has 184 valence electrons. The van der Waals surface area contributed by atoms with E-state index in [1.54, 1.807) is 0 Å². The zero-order valence-corrected chi connectivity index (χ0v) is 21.4. The SMILES string of the molecule is C1=CC2Oc3ccc(-c4cccc(-c5c6ccccc6c(-c6ccccc6)c6ccccc56)c4)cc3C2C=C1. The molecule has 0 fully saturated rings. The molecular formula is C38H26O. The highest BCUT2D eigenvalue weighted by molar-refractivity contribution is 6.21. The van der Waals surface area contributed by atoms with Gasteiger partial charge in [-0.1, -0.05) is 121 Å². The second-order valence-electron chi connectivity index (χ2n) is 10.4. The molecule has 1 nitrogen and oxygen atoms in total. The summed E-state index contributed by atoms with van der Waals surface area (Å²) < 4.78 is 6.20. The molecule has 0 N–H and O–H groups in total. The van der Waals surface area contributed by atoms with Gasteiger partial charge in [-0.3, -0.25) is 0 Å². The maximum Gasteiger partial charge on any atom is 0.128 e. The van der Waals surface area contributed by atoms with E-state index in [9.17, 15) is 0 Å². The minimum atomic E-state index is 0.104. The van der Waals surface area contributed by atoms with Gasteiger partial charge < -0.3 is 4.74 Å². The summed E-state index contributed by atoms with van der Waals surface area (Å²) >= 11 is 0. The summed E-state index contributed by atoms with van der Waals surface area (Å²) in [6.07, 6.45) is 8.72. The van der Waals surface area contributed by atoms with Crippen LogP contribution in [0.1, 0.15) is 11.5 Å². The molecule has 6 aromatic rings. The number of ether oxygens (including phenoxy) is 1. The van der Waals surface area contributed by atoms with Crippen LogP contribution in [0.5, 0.6) is 5.75 Å². The Morgan fingerprint density at radius 2 is 1.00 bits per heavy atom. The molecule has 0 bridgehead atoms. The second-order valence-corrected chi connectivity index (χ2v) is 10.4. The number of allylic oxidation sites excluding steroid dienone is 2. The summed E-state index contributed by atoms with van der Waals surface area (Å²) in [5.74, 6) is 1.28. The van der Waals surface area contributed by atoms with E-state index < -0.39 is 0 Å². The zero-order valence-electron chi connectivity index (χ0n) is 21.4. The summed E-state index contributed by atoms with van der Waals surface area (Å²) in [7, 11) is 0. The first kappa shape index (κ1) is 22.1. The molecule has 2 atom stereocenters. The summed E-state index contributed by atoms with van der Waals surface area (Å²) in [5.41, 5.74) is 8.76. The summed E-state index contributed by atoms with van der Waals surface area (Å²) in [6.45, 7) is 0. The van der Waals surface area contributed by atoms with Crippen LogP contribution in [-0.4, -0.2) is 6.10 Å². The van der Waals surface area contributed by atoms with Crippen LogP contribution in [0.15, 0.2) is 146 Å². The van der Waals surface area contributed by atoms with Crippen molar-refractivity contribution in [2.75, 3.05) is 0 Å². The van der Waals surface area contributed by atoms with Crippen LogP contribution in [0, 0.1) is 0 Å². The summed E-state index contributed by atoms with van der Waals surface area (Å²) in [5, 5.41) is 5.11. The molecule has 0 saturated carbocycles. The van der Waals surface area contributed by atoms with Gasteiger partial charge in [0.25, 0.3) is 0 Å². The highest BCUT2D eigenvalue weighted by Crippen LogP contribution is 2.45. The van der Waals surface area contributed by atoms with E-state index in [0.29, 0.717) is 0 Å². The maximum atomic E-state index is 6.20. The van der Waals surface area contributed by atoms with E-state index in [4.69, 9.17) is 4.74 Å². The third-order valence-corrected chi connectivity index (χ3v) is 8.19. The van der Waals surface area contributed by atoms with E-state index in [2.05, 4.69) is 146 Å². The molecule has 0 aromatic heterocycles. The lowest BCUT2D eigenvalue weighted by Crippen LogP contribution is -2.15. The van der Waals surface area contributed by atoms with Crippen LogP contribution in [0.2, 0.25) is 0 Å². The van der Waals surface area contributed by atoms with E-state index in [0.717, 1.165) is 5.75 Å². The first-order chi connectivity index (χ1) is 19.3. The average molecular weight is 499 g/mol. The lowest BCUT2D eigenvalue weighted by Gasteiger charge is -2.18. The van der Waals surface area contributed by atoms with Gasteiger partial charge >= 0.3 is 0 Å². The molecule has 0 saturated heterocycles. The molecule has 1 aliphatic heterocycles. The standard InChI is InChI=1S/C38H26O/c1-2-11-25(12-3-1)37-30-16-4-6-18-32(30)38(33-19-7-5-17-31(33)37)28-14-10-13-26(23-28)27-21-22-36-34(24-27)29-15-8-9-20-35(29)39-36/h1-24,29,35H. The van der Waals surface area contributed by atoms with Crippen LogP contribution < -0.4 is 4.74 Å². The van der Waals surface area contributed by atoms with E-state index in [1.807, 2.05) is 0 Å². The molecule has 6 aromatic carbocycles. The third-order valence-electron chi connectivity index (χ3n) is 8.19. The molecule has 1 heteroatoms. The maximum absolute atomic E-state index is 6.20. The molecule has 0 spiro atoms. The van der Waals surface area contributed by atoms with Crippen LogP contribution >= 0.6 is 0 Å². The minimum Gasteiger partial charge on any atom is -0.485 e. The van der Waals surface area contributed by atoms with Crippen LogP contribution in [-0.2, 0) is 0 Å². The number of benzene rings is 6. The Kier molecular flexibility index (Phi) is 5.03. The molecule has 39 heavy (non-hydrogen) atoms. The van der Waals surface area contributed by atoms with Crippen LogP contribution in [0.25, 0.3) is 54.9 Å². The Bertz CT molecular complexity index is 1890. The average Bonchev–Trinajstić information content (AvgIpc) is 3.38. The molecule has 8 rings (SSSR count). The quantitative estimate of drug-likeness (QED) is 0.221. The first-order valence-electron chi connectivity index (χ1n) is 13.6. The molecular weight excluding hydrogens is 472 g/mol. The third kappa shape index (κ3) is 3.55. The van der Waals surface area contributed by atoms with E-state index in [-0.39, 0.29) is 12.0 Å². The Balaban J connectivity index is 1.33. The predicted octanol–water partition coefficient (Wildman–Crippen LogP) is 9.96. The van der Waals surface area contributed by atoms with E-state index >= 15 is 0 Å². The van der Waals surface area contributed by atoms with Gasteiger partial charge in [0.2, 0.25) is 0 Å². The Morgan fingerprint density at radius 1 is 0.436 bits per heavy atom. The fourth-order valence-electron chi connectivity index (χ4n) is 6.43.